The lowest BCUT2D eigenvalue weighted by Crippen LogP contribution is -2.25. The second-order valence-corrected chi connectivity index (χ2v) is 4.46. The predicted molar refractivity (Wildman–Crippen MR) is 51.5 cm³/mol. The topological polar surface area (TPSA) is 18.5 Å². The quantitative estimate of drug-likeness (QED) is 0.657. The van der Waals surface area contributed by atoms with E-state index < -0.39 is 0 Å². The van der Waals surface area contributed by atoms with Gasteiger partial charge in [0, 0.05) is 13.0 Å². The van der Waals surface area contributed by atoms with Gasteiger partial charge in [-0.3, -0.25) is 0 Å². The van der Waals surface area contributed by atoms with Crippen LogP contribution in [0.3, 0.4) is 0 Å². The Bertz CT molecular complexity index is 144. The Hall–Kier alpha value is -0.0800. The van der Waals surface area contributed by atoms with Crippen molar-refractivity contribution in [3.05, 3.63) is 0 Å². The summed E-state index contributed by atoms with van der Waals surface area (Å²) < 4.78 is 11.3. The van der Waals surface area contributed by atoms with E-state index in [0.29, 0.717) is 6.10 Å². The largest absolute Gasteiger partial charge is 0.353 e. The maximum absolute atomic E-state index is 5.88. The van der Waals surface area contributed by atoms with Crippen molar-refractivity contribution in [2.75, 3.05) is 6.61 Å². The van der Waals surface area contributed by atoms with Crippen LogP contribution in [0, 0.1) is 5.92 Å². The average molecular weight is 184 g/mol. The molecule has 1 aliphatic heterocycles. The number of hydrogen-bond donors (Lipinski definition) is 0. The van der Waals surface area contributed by atoms with Crippen LogP contribution in [-0.4, -0.2) is 19.0 Å². The Labute approximate surface area is 80.6 Å². The summed E-state index contributed by atoms with van der Waals surface area (Å²) in [6, 6.07) is 0. The van der Waals surface area contributed by atoms with Gasteiger partial charge < -0.3 is 9.47 Å². The minimum Gasteiger partial charge on any atom is -0.353 e. The summed E-state index contributed by atoms with van der Waals surface area (Å²) in [5.41, 5.74) is 0. The molecule has 2 rings (SSSR count). The molecule has 0 N–H and O–H groups in total. The van der Waals surface area contributed by atoms with Gasteiger partial charge in [-0.05, 0) is 38.0 Å². The standard InChI is InChI=1S/C11H20O2/c1-9-4-6-10(7-5-9)13-11-3-2-8-12-11/h9-11H,2-8H2,1H3/t9?,10?,11-/m1/s1. The van der Waals surface area contributed by atoms with E-state index in [1.807, 2.05) is 0 Å². The van der Waals surface area contributed by atoms with Crippen LogP contribution in [0.25, 0.3) is 0 Å². The van der Waals surface area contributed by atoms with Gasteiger partial charge in [-0.2, -0.15) is 0 Å². The molecule has 1 saturated carbocycles. The third-order valence-corrected chi connectivity index (χ3v) is 3.20. The molecule has 2 aliphatic rings. The lowest BCUT2D eigenvalue weighted by atomic mass is 9.89. The first-order chi connectivity index (χ1) is 6.34. The highest BCUT2D eigenvalue weighted by Crippen LogP contribution is 2.28. The van der Waals surface area contributed by atoms with Gasteiger partial charge in [-0.1, -0.05) is 6.92 Å². The zero-order chi connectivity index (χ0) is 9.10. The monoisotopic (exact) mass is 184 g/mol. The molecule has 1 atom stereocenters. The summed E-state index contributed by atoms with van der Waals surface area (Å²) >= 11 is 0. The van der Waals surface area contributed by atoms with Gasteiger partial charge in [-0.15, -0.1) is 0 Å². The van der Waals surface area contributed by atoms with Crippen molar-refractivity contribution in [2.45, 2.75) is 57.8 Å². The van der Waals surface area contributed by atoms with Crippen molar-refractivity contribution in [3.63, 3.8) is 0 Å². The Balaban J connectivity index is 1.69. The van der Waals surface area contributed by atoms with E-state index in [1.54, 1.807) is 0 Å². The summed E-state index contributed by atoms with van der Waals surface area (Å²) in [4.78, 5) is 0. The van der Waals surface area contributed by atoms with Crippen molar-refractivity contribution < 1.29 is 9.47 Å². The molecule has 2 nitrogen and oxygen atoms in total. The Morgan fingerprint density at radius 3 is 2.46 bits per heavy atom. The molecule has 0 aromatic rings. The first kappa shape index (κ1) is 9.47. The molecule has 1 heterocycles. The van der Waals surface area contributed by atoms with Gasteiger partial charge in [0.05, 0.1) is 6.10 Å². The fraction of sp³-hybridized carbons (Fsp3) is 1.00. The van der Waals surface area contributed by atoms with Crippen molar-refractivity contribution in [1.29, 1.82) is 0 Å². The fourth-order valence-corrected chi connectivity index (χ4v) is 2.24. The van der Waals surface area contributed by atoms with Crippen molar-refractivity contribution >= 4 is 0 Å². The summed E-state index contributed by atoms with van der Waals surface area (Å²) in [6.07, 6.45) is 8.02. The van der Waals surface area contributed by atoms with Crippen molar-refractivity contribution in [2.24, 2.45) is 5.92 Å². The number of rotatable bonds is 2. The van der Waals surface area contributed by atoms with Gasteiger partial charge in [0.15, 0.2) is 6.29 Å². The highest BCUT2D eigenvalue weighted by Gasteiger charge is 2.24. The molecule has 0 aromatic carbocycles. The Morgan fingerprint density at radius 1 is 1.08 bits per heavy atom. The van der Waals surface area contributed by atoms with Crippen molar-refractivity contribution in [3.8, 4) is 0 Å². The summed E-state index contributed by atoms with van der Waals surface area (Å²) in [7, 11) is 0. The minimum absolute atomic E-state index is 0.124. The number of hydrogen-bond acceptors (Lipinski definition) is 2. The molecule has 2 fully saturated rings. The van der Waals surface area contributed by atoms with Gasteiger partial charge in [0.1, 0.15) is 0 Å². The molecule has 0 spiro atoms. The van der Waals surface area contributed by atoms with E-state index in [-0.39, 0.29) is 6.29 Å². The van der Waals surface area contributed by atoms with Gasteiger partial charge in [0.2, 0.25) is 0 Å². The maximum Gasteiger partial charge on any atom is 0.158 e. The molecule has 0 aromatic heterocycles. The van der Waals surface area contributed by atoms with Crippen LogP contribution in [0.5, 0.6) is 0 Å². The molecule has 0 radical (unpaired) electrons. The Morgan fingerprint density at radius 2 is 1.85 bits per heavy atom. The molecule has 76 valence electrons. The molecular weight excluding hydrogens is 164 g/mol. The molecule has 0 bridgehead atoms. The van der Waals surface area contributed by atoms with E-state index in [4.69, 9.17) is 9.47 Å². The predicted octanol–water partition coefficient (Wildman–Crippen LogP) is 2.72. The smallest absolute Gasteiger partial charge is 0.158 e. The van der Waals surface area contributed by atoms with E-state index in [9.17, 15) is 0 Å². The van der Waals surface area contributed by atoms with E-state index in [1.165, 1.54) is 32.1 Å². The van der Waals surface area contributed by atoms with Crippen LogP contribution in [-0.2, 0) is 9.47 Å². The second-order valence-electron chi connectivity index (χ2n) is 4.46. The third kappa shape index (κ3) is 2.68. The van der Waals surface area contributed by atoms with Crippen LogP contribution in [0.2, 0.25) is 0 Å². The highest BCUT2D eigenvalue weighted by molar-refractivity contribution is 4.71. The SMILES string of the molecule is CC1CCC(O[C@@H]2CCCO2)CC1. The van der Waals surface area contributed by atoms with Crippen LogP contribution < -0.4 is 0 Å². The summed E-state index contributed by atoms with van der Waals surface area (Å²) in [6.45, 7) is 3.23. The normalized spacial score (nSPS) is 40.8. The average Bonchev–Trinajstić information content (AvgIpc) is 2.62. The van der Waals surface area contributed by atoms with Crippen LogP contribution in [0.15, 0.2) is 0 Å². The first-order valence-corrected chi connectivity index (χ1v) is 5.61. The molecule has 2 heteroatoms. The van der Waals surface area contributed by atoms with Crippen LogP contribution >= 0.6 is 0 Å². The molecule has 1 aliphatic carbocycles. The lowest BCUT2D eigenvalue weighted by molar-refractivity contribution is -0.152. The molecule has 0 unspecified atom stereocenters. The van der Waals surface area contributed by atoms with Gasteiger partial charge in [0.25, 0.3) is 0 Å². The van der Waals surface area contributed by atoms with Gasteiger partial charge in [-0.25, -0.2) is 0 Å². The highest BCUT2D eigenvalue weighted by atomic mass is 16.7. The molecule has 1 saturated heterocycles. The van der Waals surface area contributed by atoms with Crippen LogP contribution in [0.1, 0.15) is 45.4 Å². The van der Waals surface area contributed by atoms with E-state index >= 15 is 0 Å². The Kier molecular flexibility index (Phi) is 3.23. The van der Waals surface area contributed by atoms with Gasteiger partial charge >= 0.3 is 0 Å². The minimum atomic E-state index is 0.124. The molecular formula is C11H20O2. The maximum atomic E-state index is 5.88. The number of ether oxygens (including phenoxy) is 2. The first-order valence-electron chi connectivity index (χ1n) is 5.61. The second kappa shape index (κ2) is 4.43. The van der Waals surface area contributed by atoms with Crippen LogP contribution in [0.4, 0.5) is 0 Å². The lowest BCUT2D eigenvalue weighted by Gasteiger charge is -2.28. The molecule has 0 amide bonds. The summed E-state index contributed by atoms with van der Waals surface area (Å²) in [5, 5.41) is 0. The van der Waals surface area contributed by atoms with E-state index in [2.05, 4.69) is 6.92 Å². The zero-order valence-corrected chi connectivity index (χ0v) is 8.50. The van der Waals surface area contributed by atoms with Crippen molar-refractivity contribution in [1.82, 2.24) is 0 Å². The van der Waals surface area contributed by atoms with E-state index in [0.717, 1.165) is 18.9 Å². The third-order valence-electron chi connectivity index (χ3n) is 3.20. The summed E-state index contributed by atoms with van der Waals surface area (Å²) in [5.74, 6) is 0.907. The molecule has 13 heavy (non-hydrogen) atoms. The zero-order valence-electron chi connectivity index (χ0n) is 8.50. The fourth-order valence-electron chi connectivity index (χ4n) is 2.24.